The zero-order valence-corrected chi connectivity index (χ0v) is 89.0. The van der Waals surface area contributed by atoms with Crippen LogP contribution in [0.2, 0.25) is 0 Å². The minimum absolute atomic E-state index is 0.0139. The Morgan fingerprint density at radius 2 is 0.474 bits per heavy atom. The Labute approximate surface area is 849 Å². The van der Waals surface area contributed by atoms with Gasteiger partial charge in [0.15, 0.2) is 0 Å². The van der Waals surface area contributed by atoms with Crippen LogP contribution in [-0.4, -0.2) is 102 Å². The van der Waals surface area contributed by atoms with Gasteiger partial charge in [-0.1, -0.05) is 76.2 Å². The fourth-order valence-corrected chi connectivity index (χ4v) is 44.1. The van der Waals surface area contributed by atoms with Gasteiger partial charge in [-0.05, 0) is 589 Å². The number of carbonyl (C=O) groups is 6. The molecule has 774 valence electrons. The van der Waals surface area contributed by atoms with Crippen molar-refractivity contribution >= 4 is 34.7 Å². The number of aliphatic hydroxyl groups excluding tert-OH is 2. The highest BCUT2D eigenvalue weighted by molar-refractivity contribution is 5.83. The first-order valence-electron chi connectivity index (χ1n) is 64.4. The number of fused-ring (bicyclic) bond motifs is 30. The molecule has 0 radical (unpaired) electrons. The highest BCUT2D eigenvalue weighted by Gasteiger charge is 2.69. The van der Waals surface area contributed by atoms with Crippen molar-refractivity contribution < 1.29 is 75.9 Å². The third kappa shape index (κ3) is 17.8. The van der Waals surface area contributed by atoms with Gasteiger partial charge in [0.1, 0.15) is 34.7 Å². The van der Waals surface area contributed by atoms with Crippen LogP contribution < -0.4 is 0 Å². The number of aliphatic hydroxyl groups is 6. The van der Waals surface area contributed by atoms with E-state index in [0.717, 1.165) is 236 Å². The number of carbonyl (C=O) groups excluding carboxylic acids is 6. The number of Topliss-reactive ketones (excluding diaryl/α,β-unsaturated/α-hetero) is 6. The first kappa shape index (κ1) is 88.8. The molecule has 48 atom stereocenters. The van der Waals surface area contributed by atoms with E-state index in [-0.39, 0.29) is 84.5 Å². The van der Waals surface area contributed by atoms with Gasteiger partial charge < -0.3 is 30.6 Å². The molecule has 137 heavy (non-hydrogen) atoms. The Kier molecular flexibility index (Phi) is 25.5. The lowest BCUT2D eigenvalue weighted by molar-refractivity contribution is -0.138. The van der Waals surface area contributed by atoms with Gasteiger partial charge in [-0.3, -0.25) is 28.8 Å². The zero-order valence-electron chi connectivity index (χ0n) is 101. The molecule has 24 rings (SSSR count). The maximum Gasteiger partial charge on any atom is 0.136 e. The molecule has 0 aromatic carbocycles. The van der Waals surface area contributed by atoms with Crippen molar-refractivity contribution in [3.05, 3.63) is 0 Å². The van der Waals surface area contributed by atoms with E-state index < -0.39 is 77.3 Å². The van der Waals surface area contributed by atoms with E-state index in [9.17, 15) is 59.4 Å². The Bertz CT molecular complexity index is 4900. The zero-order chi connectivity index (χ0) is 108. The molecular weight excluding hydrogens is 1690 g/mol. The van der Waals surface area contributed by atoms with Crippen molar-refractivity contribution in [1.82, 2.24) is 0 Å². The van der Waals surface area contributed by atoms with Crippen LogP contribution in [0.25, 0.3) is 0 Å². The van der Waals surface area contributed by atoms with Crippen molar-refractivity contribution in [2.24, 2.45) is 243 Å². The summed E-state index contributed by atoms with van der Waals surface area (Å²) in [6.45, 7) is 33.2. The molecule has 24 aliphatic rings. The van der Waals surface area contributed by atoms with E-state index in [2.05, 4.69) is 69.2 Å². The molecule has 0 amide bonds. The van der Waals surface area contributed by atoms with E-state index in [1.54, 1.807) is 34.6 Å². The van der Waals surface area contributed by atoms with E-state index in [1.807, 2.05) is 0 Å². The quantitative estimate of drug-likeness (QED) is 0.140. The summed E-state index contributed by atoms with van der Waals surface area (Å²) in [4.78, 5) is 73.9. The highest BCUT2D eigenvalue weighted by atomic mass is 16.3. The van der Waals surface area contributed by atoms with Crippen molar-refractivity contribution in [1.29, 1.82) is 0 Å². The van der Waals surface area contributed by atoms with Crippen LogP contribution >= 0.6 is 0 Å². The molecule has 24 saturated carbocycles. The van der Waals surface area contributed by atoms with Crippen molar-refractivity contribution in [2.75, 3.05) is 0 Å². The summed E-state index contributed by atoms with van der Waals surface area (Å²) in [6, 6.07) is 0. The molecule has 0 spiro atoms. The van der Waals surface area contributed by atoms with Crippen LogP contribution in [0.1, 0.15) is 480 Å². The molecular formula is C125H202O12. The van der Waals surface area contributed by atoms with Crippen LogP contribution in [0.5, 0.6) is 0 Å². The summed E-state index contributed by atoms with van der Waals surface area (Å²) in [5.74, 6) is 10.9. The van der Waals surface area contributed by atoms with Crippen molar-refractivity contribution in [3.63, 3.8) is 0 Å². The molecule has 24 aliphatic carbocycles. The molecule has 0 aromatic rings. The molecule has 0 aromatic heterocycles. The topological polar surface area (TPSA) is 224 Å². The van der Waals surface area contributed by atoms with E-state index in [4.69, 9.17) is 16.4 Å². The third-order valence-corrected chi connectivity index (χ3v) is 51.1. The molecule has 0 aliphatic heterocycles. The SMILES string of the molecule is [2H]C([2H])(C)C(=O)[C@@]1([2H])CC[C@H]2[C@@H]3CC[C@H]4C[C@]([2H])(O)CC[C@@H]4[C@H]3CC[C@@]21C.[2H][C@@]1(O)CC[C@H]2[C@@H](CC[C@@H]3[C@@H]2CC[C@]2(C)[C@@H](C(C)=O)CC[C@@H]32)C1.[2H][C@@]1(O)CC[C@]2(C)[C@H]3CC[C@]4(C)[C@@H](C(C)=O)CC[C@H]4[C@@H]3CC[C@]2([2H])C1.[2H][C@@]12CC[C@H]3[C@@H]4CC[C@H](C(C)=O)[C@@]4(C)CC[C@@H]3[C@@]1(C)CC[C@@H](O)C2.[2H][C@@]12CC[C@H]3[C@@H]4CC[C@]([2H])(C(C)=O)[C@@]4(C)CC[C@@H]3[C@@]1(C)CC[C@@H](O)C2.[2H][C@]1(O)CC[C@]2(C)[C@H]3CC[C@]4(C)[C@@H](C(C)=O)CC[C@H]4[C@@H]3CC[C@@]2([2H])C1. The summed E-state index contributed by atoms with van der Waals surface area (Å²) in [7, 11) is 0. The van der Waals surface area contributed by atoms with Gasteiger partial charge in [0, 0.05) is 52.8 Å². The second kappa shape index (κ2) is 39.4. The fourth-order valence-electron chi connectivity index (χ4n) is 44.1. The molecule has 0 bridgehead atoms. The van der Waals surface area contributed by atoms with Gasteiger partial charge in [0.05, 0.1) is 42.0 Å². The van der Waals surface area contributed by atoms with Gasteiger partial charge in [0.25, 0.3) is 0 Å². The summed E-state index contributed by atoms with van der Waals surface area (Å²) in [6.07, 6.45) is 42.6. The summed E-state index contributed by atoms with van der Waals surface area (Å²) >= 11 is 0. The molecule has 0 unspecified atom stereocenters. The average Bonchev–Trinajstić information content (AvgIpc) is 1.44. The number of ketones is 6. The normalized spacial score (nSPS) is 61.6. The molecule has 24 fully saturated rings. The van der Waals surface area contributed by atoms with Crippen molar-refractivity contribution in [2.45, 2.75) is 500 Å². The lowest BCUT2D eigenvalue weighted by Gasteiger charge is -2.60. The minimum atomic E-state index is -1.95. The molecule has 12 heteroatoms. The van der Waals surface area contributed by atoms with Gasteiger partial charge >= 0.3 is 0 Å². The molecule has 12 nitrogen and oxygen atoms in total. The third-order valence-electron chi connectivity index (χ3n) is 51.1. The first-order chi connectivity index (χ1) is 69.0. The fraction of sp³-hybridized carbons (Fsp3) is 0.952. The molecule has 0 saturated heterocycles. The van der Waals surface area contributed by atoms with Crippen LogP contribution in [0.3, 0.4) is 0 Å². The van der Waals surface area contributed by atoms with Crippen molar-refractivity contribution in [3.8, 4) is 0 Å². The number of hydrogen-bond donors (Lipinski definition) is 6. The summed E-state index contributed by atoms with van der Waals surface area (Å²) in [5.41, 5.74) is 0.0535. The van der Waals surface area contributed by atoms with E-state index in [0.29, 0.717) is 213 Å². The standard InChI is InChI=1S/5C21H34O2.C20H32O2/c4*1-13(22)17-6-7-18-16-5-4-14-12-15(23)8-10-20(14,2)19(16)9-11-21(17,18)3;1-3-20(23)19-9-8-18-17-6-4-13-12-14(22)5-7-15(13)16(17)10-11-21(18,19)2;1-12(21)18-7-8-19-17-5-3-13-11-14(22)4-6-15(13)16(17)9-10-20(18,19)2/h4*14-19,23H,4-12H2,1-3H3;13-19,22H,3-12H2,1-2H3;13-19,22H,3-11H2,1-2H3/t2*14-,15+,16-,17+,18-,19-,20-,21+;14-,15-,16+,17-,18+,19+,20+,21-;14-,15-,16-,17+,18-,19-,20-,21+;13-,14+,15-,16+,17+,18-,19+,21-;13-,14+,15-,16+,17+,18+,19-,20+/m001000/s1/i14D,17D;14D;2*14D,15D;3D2,14D,19D;14D. The Hall–Kier alpha value is -2.22. The summed E-state index contributed by atoms with van der Waals surface area (Å²) < 4.78 is 103. The lowest BCUT2D eigenvalue weighted by atomic mass is 9.44. The maximum absolute atomic E-state index is 12.9. The first-order valence-corrected chi connectivity index (χ1v) is 58.4. The van der Waals surface area contributed by atoms with Crippen LogP contribution in [-0.2, 0) is 28.8 Å². The van der Waals surface area contributed by atoms with Crippen LogP contribution in [0.4, 0.5) is 0 Å². The number of rotatable bonds is 7. The van der Waals surface area contributed by atoms with Crippen LogP contribution in [0.15, 0.2) is 0 Å². The van der Waals surface area contributed by atoms with Gasteiger partial charge in [-0.15, -0.1) is 0 Å². The Morgan fingerprint density at radius 3 is 0.818 bits per heavy atom. The minimum Gasteiger partial charge on any atom is -0.393 e. The van der Waals surface area contributed by atoms with Gasteiger partial charge in [-0.2, -0.15) is 0 Å². The largest absolute Gasteiger partial charge is 0.393 e. The van der Waals surface area contributed by atoms with E-state index >= 15 is 0 Å². The molecule has 0 heterocycles. The monoisotopic (exact) mass is 1910 g/mol. The maximum atomic E-state index is 12.9. The summed E-state index contributed by atoms with van der Waals surface area (Å²) in [5, 5.41) is 61.2. The molecule has 6 N–H and O–H groups in total. The second-order valence-electron chi connectivity index (χ2n) is 55.7. The smallest absolute Gasteiger partial charge is 0.136 e. The predicted octanol–water partition coefficient (Wildman–Crippen LogP) is 27.2. The van der Waals surface area contributed by atoms with Crippen LogP contribution in [0, 0.1) is 243 Å². The highest BCUT2D eigenvalue weighted by Crippen LogP contribution is 2.75. The van der Waals surface area contributed by atoms with Gasteiger partial charge in [0.2, 0.25) is 0 Å². The predicted molar refractivity (Wildman–Crippen MR) is 547 cm³/mol. The number of hydrogen-bond acceptors (Lipinski definition) is 12. The Balaban J connectivity index is 0.000000112. The lowest BCUT2D eigenvalue weighted by Crippen LogP contribution is -2.54. The second-order valence-corrected chi connectivity index (χ2v) is 55.7. The van der Waals surface area contributed by atoms with Gasteiger partial charge in [-0.25, -0.2) is 0 Å². The Morgan fingerprint density at radius 1 is 0.226 bits per heavy atom. The average molecular weight is 1910 g/mol. The van der Waals surface area contributed by atoms with E-state index in [1.165, 1.54) is 64.7 Å².